The van der Waals surface area contributed by atoms with E-state index in [2.05, 4.69) is 164 Å². The Balaban J connectivity index is 0.000000983. The maximum atomic E-state index is 3.36. The summed E-state index contributed by atoms with van der Waals surface area (Å²) in [6.07, 6.45) is 1.75. The van der Waals surface area contributed by atoms with Crippen LogP contribution in [0.25, 0.3) is 21.5 Å². The van der Waals surface area contributed by atoms with Crippen molar-refractivity contribution in [3.63, 3.8) is 0 Å². The van der Waals surface area contributed by atoms with Gasteiger partial charge in [0.25, 0.3) is 0 Å². The van der Waals surface area contributed by atoms with Crippen molar-refractivity contribution >= 4 is 50.0 Å². The van der Waals surface area contributed by atoms with Crippen LogP contribution in [-0.2, 0) is 0 Å². The molecule has 192 valence electrons. The molecule has 0 N–H and O–H groups in total. The van der Waals surface area contributed by atoms with Crippen molar-refractivity contribution in [2.75, 3.05) is 16.8 Å². The quantitative estimate of drug-likeness (QED) is 0.215. The summed E-state index contributed by atoms with van der Waals surface area (Å²) in [5.41, 5.74) is 7.01. The molecule has 6 aromatic rings. The summed E-state index contributed by atoms with van der Waals surface area (Å²) in [4.78, 5) is 4.57. The fraction of sp³-hybridized carbons (Fsp3) is 0.0811. The standard InChI is InChI=1S/C34H28N2.C3H6/c1-25-8-7-13-32(22-25)35(2)30-18-20-31(21-19-30)36(33-16-14-26-9-3-5-11-28(26)23-33)34-17-15-27-10-4-6-12-29(27)24-34;1-3-2/h3-24H,1-2H3;3H,1H2,2H3. The first-order valence-electron chi connectivity index (χ1n) is 13.3. The molecular weight excluding hydrogens is 472 g/mol. The van der Waals surface area contributed by atoms with Gasteiger partial charge < -0.3 is 9.80 Å². The van der Waals surface area contributed by atoms with Gasteiger partial charge in [-0.3, -0.25) is 0 Å². The van der Waals surface area contributed by atoms with Gasteiger partial charge in [0.05, 0.1) is 0 Å². The average Bonchev–Trinajstić information content (AvgIpc) is 2.97. The molecule has 0 unspecified atom stereocenters. The van der Waals surface area contributed by atoms with Gasteiger partial charge in [-0.2, -0.15) is 0 Å². The van der Waals surface area contributed by atoms with E-state index in [9.17, 15) is 0 Å². The normalized spacial score (nSPS) is 10.5. The van der Waals surface area contributed by atoms with E-state index in [4.69, 9.17) is 0 Å². The maximum Gasteiger partial charge on any atom is 0.0468 e. The Kier molecular flexibility index (Phi) is 7.75. The molecule has 0 fully saturated rings. The lowest BCUT2D eigenvalue weighted by Crippen LogP contribution is -2.12. The minimum absolute atomic E-state index is 1.13. The third-order valence-corrected chi connectivity index (χ3v) is 6.87. The van der Waals surface area contributed by atoms with Gasteiger partial charge in [0, 0.05) is 35.5 Å². The molecule has 0 saturated carbocycles. The number of hydrogen-bond donors (Lipinski definition) is 0. The van der Waals surface area contributed by atoms with Crippen LogP contribution >= 0.6 is 0 Å². The van der Waals surface area contributed by atoms with Gasteiger partial charge in [0.2, 0.25) is 0 Å². The van der Waals surface area contributed by atoms with Crippen molar-refractivity contribution in [3.05, 3.63) is 152 Å². The van der Waals surface area contributed by atoms with Gasteiger partial charge in [-0.25, -0.2) is 0 Å². The highest BCUT2D eigenvalue weighted by atomic mass is 15.1. The second kappa shape index (κ2) is 11.7. The number of hydrogen-bond acceptors (Lipinski definition) is 2. The van der Waals surface area contributed by atoms with Gasteiger partial charge in [0.15, 0.2) is 0 Å². The SMILES string of the molecule is C=CC.Cc1cccc(N(C)c2ccc(N(c3ccc4ccccc4c3)c3ccc4ccccc4c3)cc2)c1. The summed E-state index contributed by atoms with van der Waals surface area (Å²) in [5, 5.41) is 4.96. The summed E-state index contributed by atoms with van der Waals surface area (Å²) in [5.74, 6) is 0. The fourth-order valence-electron chi connectivity index (χ4n) is 4.89. The second-order valence-corrected chi connectivity index (χ2v) is 9.72. The maximum absolute atomic E-state index is 3.36. The lowest BCUT2D eigenvalue weighted by molar-refractivity contribution is 1.20. The highest BCUT2D eigenvalue weighted by Gasteiger charge is 2.14. The predicted octanol–water partition coefficient (Wildman–Crippen LogP) is 10.7. The molecule has 0 aromatic heterocycles. The van der Waals surface area contributed by atoms with Gasteiger partial charge >= 0.3 is 0 Å². The number of nitrogens with zero attached hydrogens (tertiary/aromatic N) is 2. The zero-order valence-corrected chi connectivity index (χ0v) is 22.9. The van der Waals surface area contributed by atoms with Crippen molar-refractivity contribution in [2.24, 2.45) is 0 Å². The van der Waals surface area contributed by atoms with Crippen LogP contribution in [0.2, 0.25) is 0 Å². The minimum atomic E-state index is 1.13. The molecule has 0 spiro atoms. The van der Waals surface area contributed by atoms with Crippen molar-refractivity contribution < 1.29 is 0 Å². The van der Waals surface area contributed by atoms with Crippen LogP contribution in [-0.4, -0.2) is 7.05 Å². The zero-order valence-electron chi connectivity index (χ0n) is 22.9. The Bertz CT molecular complexity index is 1640. The van der Waals surface area contributed by atoms with E-state index < -0.39 is 0 Å². The Morgan fingerprint density at radius 1 is 0.487 bits per heavy atom. The highest BCUT2D eigenvalue weighted by Crippen LogP contribution is 2.38. The molecule has 0 bridgehead atoms. The minimum Gasteiger partial charge on any atom is -0.345 e. The number of anilines is 5. The number of rotatable bonds is 5. The molecule has 0 amide bonds. The first-order valence-corrected chi connectivity index (χ1v) is 13.3. The van der Waals surface area contributed by atoms with Gasteiger partial charge in [0.1, 0.15) is 0 Å². The molecule has 0 aliphatic rings. The van der Waals surface area contributed by atoms with E-state index >= 15 is 0 Å². The van der Waals surface area contributed by atoms with Gasteiger partial charge in [-0.05, 0) is 102 Å². The summed E-state index contributed by atoms with van der Waals surface area (Å²) < 4.78 is 0. The average molecular weight is 507 g/mol. The van der Waals surface area contributed by atoms with Crippen LogP contribution in [0.5, 0.6) is 0 Å². The first kappa shape index (κ1) is 25.8. The van der Waals surface area contributed by atoms with Gasteiger partial charge in [-0.1, -0.05) is 78.9 Å². The first-order chi connectivity index (χ1) is 19.1. The van der Waals surface area contributed by atoms with Crippen molar-refractivity contribution in [2.45, 2.75) is 13.8 Å². The lowest BCUT2D eigenvalue weighted by atomic mass is 10.1. The second-order valence-electron chi connectivity index (χ2n) is 9.72. The molecule has 6 rings (SSSR count). The van der Waals surface area contributed by atoms with Gasteiger partial charge in [-0.15, -0.1) is 6.58 Å². The van der Waals surface area contributed by atoms with Crippen LogP contribution in [0.3, 0.4) is 0 Å². The third-order valence-electron chi connectivity index (χ3n) is 6.87. The van der Waals surface area contributed by atoms with E-state index in [1.54, 1.807) is 6.08 Å². The summed E-state index contributed by atoms with van der Waals surface area (Å²) in [6.45, 7) is 7.38. The van der Waals surface area contributed by atoms with E-state index in [0.29, 0.717) is 0 Å². The Morgan fingerprint density at radius 3 is 1.46 bits per heavy atom. The number of aryl methyl sites for hydroxylation is 1. The van der Waals surface area contributed by atoms with Crippen LogP contribution in [0, 0.1) is 6.92 Å². The van der Waals surface area contributed by atoms with E-state index in [1.165, 1.54) is 32.8 Å². The molecule has 0 aliphatic carbocycles. The van der Waals surface area contributed by atoms with E-state index in [-0.39, 0.29) is 0 Å². The molecule has 6 aromatic carbocycles. The smallest absolute Gasteiger partial charge is 0.0468 e. The van der Waals surface area contributed by atoms with E-state index in [1.807, 2.05) is 6.92 Å². The summed E-state index contributed by atoms with van der Waals surface area (Å²) >= 11 is 0. The lowest BCUT2D eigenvalue weighted by Gasteiger charge is -2.27. The molecule has 0 aliphatic heterocycles. The number of allylic oxidation sites excluding steroid dienone is 1. The number of benzene rings is 6. The molecule has 2 heteroatoms. The topological polar surface area (TPSA) is 6.48 Å². The van der Waals surface area contributed by atoms with E-state index in [0.717, 1.165) is 22.7 Å². The third kappa shape index (κ3) is 5.71. The van der Waals surface area contributed by atoms with Crippen LogP contribution < -0.4 is 9.80 Å². The number of fused-ring (bicyclic) bond motifs is 2. The molecule has 2 nitrogen and oxygen atoms in total. The monoisotopic (exact) mass is 506 g/mol. The van der Waals surface area contributed by atoms with Crippen molar-refractivity contribution in [1.82, 2.24) is 0 Å². The Hall–Kier alpha value is -4.82. The predicted molar refractivity (Wildman–Crippen MR) is 171 cm³/mol. The Morgan fingerprint density at radius 2 is 0.949 bits per heavy atom. The van der Waals surface area contributed by atoms with Crippen molar-refractivity contribution in [3.8, 4) is 0 Å². The zero-order chi connectivity index (χ0) is 27.2. The Labute approximate surface area is 232 Å². The summed E-state index contributed by atoms with van der Waals surface area (Å²) in [6, 6.07) is 47.9. The van der Waals surface area contributed by atoms with Crippen LogP contribution in [0.1, 0.15) is 12.5 Å². The highest BCUT2D eigenvalue weighted by molar-refractivity contribution is 5.92. The molecule has 0 radical (unpaired) electrons. The molecule has 39 heavy (non-hydrogen) atoms. The molecular formula is C37H34N2. The van der Waals surface area contributed by atoms with Crippen LogP contribution in [0.15, 0.2) is 146 Å². The fourth-order valence-corrected chi connectivity index (χ4v) is 4.89. The molecule has 0 atom stereocenters. The largest absolute Gasteiger partial charge is 0.345 e. The molecule has 0 saturated heterocycles. The molecule has 0 heterocycles. The van der Waals surface area contributed by atoms with Crippen molar-refractivity contribution in [1.29, 1.82) is 0 Å². The van der Waals surface area contributed by atoms with Crippen LogP contribution in [0.4, 0.5) is 28.4 Å². The summed E-state index contributed by atoms with van der Waals surface area (Å²) in [7, 11) is 2.12.